The van der Waals surface area contributed by atoms with Gasteiger partial charge in [0.25, 0.3) is 5.19 Å². The first kappa shape index (κ1) is 13.1. The molecule has 0 radical (unpaired) electrons. The standard InChI is InChI=1S/C14H18N2OS/c1-10-4-6-12(7-5-10)8-15-9-13-11(2)16-14(17-3)18-13/h4-7,15H,8-9H2,1-3H3. The predicted molar refractivity (Wildman–Crippen MR) is 75.1 cm³/mol. The second-order valence-corrected chi connectivity index (χ2v) is 5.33. The summed E-state index contributed by atoms with van der Waals surface area (Å²) >= 11 is 1.60. The molecule has 0 bridgehead atoms. The van der Waals surface area contributed by atoms with Crippen molar-refractivity contribution < 1.29 is 4.74 Å². The van der Waals surface area contributed by atoms with Crippen LogP contribution in [0.5, 0.6) is 5.19 Å². The summed E-state index contributed by atoms with van der Waals surface area (Å²) in [6.45, 7) is 5.83. The molecule has 2 aromatic rings. The van der Waals surface area contributed by atoms with E-state index in [-0.39, 0.29) is 0 Å². The van der Waals surface area contributed by atoms with Gasteiger partial charge < -0.3 is 10.1 Å². The third-order valence-electron chi connectivity index (χ3n) is 2.78. The highest BCUT2D eigenvalue weighted by atomic mass is 32.1. The molecule has 0 atom stereocenters. The van der Waals surface area contributed by atoms with Crippen LogP contribution in [0.1, 0.15) is 21.7 Å². The van der Waals surface area contributed by atoms with Crippen LogP contribution in [-0.4, -0.2) is 12.1 Å². The lowest BCUT2D eigenvalue weighted by Crippen LogP contribution is -2.12. The summed E-state index contributed by atoms with van der Waals surface area (Å²) in [6.07, 6.45) is 0. The van der Waals surface area contributed by atoms with Crippen molar-refractivity contribution in [1.29, 1.82) is 0 Å². The number of thiazole rings is 1. The summed E-state index contributed by atoms with van der Waals surface area (Å²) < 4.78 is 5.13. The molecule has 1 N–H and O–H groups in total. The topological polar surface area (TPSA) is 34.1 Å². The third-order valence-corrected chi connectivity index (χ3v) is 3.90. The molecule has 0 fully saturated rings. The van der Waals surface area contributed by atoms with Crippen molar-refractivity contribution in [2.24, 2.45) is 0 Å². The van der Waals surface area contributed by atoms with Gasteiger partial charge in [0, 0.05) is 18.0 Å². The van der Waals surface area contributed by atoms with Crippen LogP contribution in [0.3, 0.4) is 0 Å². The van der Waals surface area contributed by atoms with E-state index < -0.39 is 0 Å². The minimum Gasteiger partial charge on any atom is -0.473 e. The van der Waals surface area contributed by atoms with Crippen LogP contribution in [0, 0.1) is 13.8 Å². The molecule has 2 rings (SSSR count). The van der Waals surface area contributed by atoms with Gasteiger partial charge in [-0.3, -0.25) is 0 Å². The molecule has 1 aromatic heterocycles. The fourth-order valence-electron chi connectivity index (χ4n) is 1.68. The lowest BCUT2D eigenvalue weighted by Gasteiger charge is -2.04. The number of nitrogens with zero attached hydrogens (tertiary/aromatic N) is 1. The SMILES string of the molecule is COc1nc(C)c(CNCc2ccc(C)cc2)s1. The Morgan fingerprint density at radius 2 is 1.89 bits per heavy atom. The van der Waals surface area contributed by atoms with Crippen molar-refractivity contribution in [2.45, 2.75) is 26.9 Å². The Bertz CT molecular complexity index is 505. The Morgan fingerprint density at radius 3 is 2.50 bits per heavy atom. The molecule has 0 saturated carbocycles. The van der Waals surface area contributed by atoms with Gasteiger partial charge in [0.1, 0.15) is 0 Å². The van der Waals surface area contributed by atoms with E-state index in [9.17, 15) is 0 Å². The Hall–Kier alpha value is -1.39. The molecule has 0 spiro atoms. The summed E-state index contributed by atoms with van der Waals surface area (Å²) in [5.74, 6) is 0. The van der Waals surface area contributed by atoms with Crippen LogP contribution < -0.4 is 10.1 Å². The molecule has 0 aliphatic rings. The summed E-state index contributed by atoms with van der Waals surface area (Å²) in [5.41, 5.74) is 3.64. The van der Waals surface area contributed by atoms with Crippen molar-refractivity contribution in [3.8, 4) is 5.19 Å². The molecular weight excluding hydrogens is 244 g/mol. The van der Waals surface area contributed by atoms with Crippen molar-refractivity contribution >= 4 is 11.3 Å². The van der Waals surface area contributed by atoms with E-state index in [1.54, 1.807) is 18.4 Å². The quantitative estimate of drug-likeness (QED) is 0.899. The fourth-order valence-corrected chi connectivity index (χ4v) is 2.52. The van der Waals surface area contributed by atoms with Crippen molar-refractivity contribution in [3.05, 3.63) is 46.0 Å². The van der Waals surface area contributed by atoms with Gasteiger partial charge >= 0.3 is 0 Å². The maximum Gasteiger partial charge on any atom is 0.273 e. The Morgan fingerprint density at radius 1 is 1.17 bits per heavy atom. The Labute approximate surface area is 112 Å². The van der Waals surface area contributed by atoms with Gasteiger partial charge in [-0.05, 0) is 19.4 Å². The van der Waals surface area contributed by atoms with Gasteiger partial charge in [-0.15, -0.1) is 0 Å². The average Bonchev–Trinajstić information content (AvgIpc) is 2.73. The number of benzene rings is 1. The van der Waals surface area contributed by atoms with Crippen LogP contribution in [0.2, 0.25) is 0 Å². The molecule has 18 heavy (non-hydrogen) atoms. The van der Waals surface area contributed by atoms with Crippen LogP contribution in [-0.2, 0) is 13.1 Å². The van der Waals surface area contributed by atoms with Gasteiger partial charge in [-0.1, -0.05) is 41.2 Å². The minimum atomic E-state index is 0.736. The molecule has 0 amide bonds. The smallest absolute Gasteiger partial charge is 0.273 e. The number of nitrogens with one attached hydrogen (secondary N) is 1. The number of hydrogen-bond acceptors (Lipinski definition) is 4. The number of methoxy groups -OCH3 is 1. The van der Waals surface area contributed by atoms with Crippen molar-refractivity contribution in [1.82, 2.24) is 10.3 Å². The first-order valence-corrected chi connectivity index (χ1v) is 6.77. The van der Waals surface area contributed by atoms with E-state index in [4.69, 9.17) is 4.74 Å². The molecule has 1 heterocycles. The van der Waals surface area contributed by atoms with Gasteiger partial charge in [0.15, 0.2) is 0 Å². The van der Waals surface area contributed by atoms with E-state index >= 15 is 0 Å². The van der Waals surface area contributed by atoms with E-state index in [1.165, 1.54) is 16.0 Å². The summed E-state index contributed by atoms with van der Waals surface area (Å²) in [4.78, 5) is 5.56. The van der Waals surface area contributed by atoms with Gasteiger partial charge in [0.05, 0.1) is 12.8 Å². The molecule has 4 heteroatoms. The van der Waals surface area contributed by atoms with E-state index in [2.05, 4.69) is 41.5 Å². The molecule has 0 saturated heterocycles. The van der Waals surface area contributed by atoms with Gasteiger partial charge in [0.2, 0.25) is 0 Å². The number of aromatic nitrogens is 1. The lowest BCUT2D eigenvalue weighted by molar-refractivity contribution is 0.411. The Balaban J connectivity index is 1.88. The summed E-state index contributed by atoms with van der Waals surface area (Å²) in [7, 11) is 1.65. The molecule has 0 aliphatic carbocycles. The minimum absolute atomic E-state index is 0.736. The third kappa shape index (κ3) is 3.31. The number of aryl methyl sites for hydroxylation is 2. The van der Waals surface area contributed by atoms with Crippen LogP contribution in [0.4, 0.5) is 0 Å². The summed E-state index contributed by atoms with van der Waals surface area (Å²) in [6, 6.07) is 8.58. The van der Waals surface area contributed by atoms with Crippen LogP contribution in [0.15, 0.2) is 24.3 Å². The van der Waals surface area contributed by atoms with Crippen molar-refractivity contribution in [2.75, 3.05) is 7.11 Å². The largest absolute Gasteiger partial charge is 0.473 e. The Kier molecular flexibility index (Phi) is 4.33. The zero-order valence-electron chi connectivity index (χ0n) is 11.0. The fraction of sp³-hybridized carbons (Fsp3) is 0.357. The number of ether oxygens (including phenoxy) is 1. The van der Waals surface area contributed by atoms with Crippen molar-refractivity contribution in [3.63, 3.8) is 0 Å². The second kappa shape index (κ2) is 5.98. The summed E-state index contributed by atoms with van der Waals surface area (Å²) in [5, 5.41) is 4.17. The van der Waals surface area contributed by atoms with E-state index in [0.717, 1.165) is 24.0 Å². The van der Waals surface area contributed by atoms with Crippen LogP contribution >= 0.6 is 11.3 Å². The molecule has 0 aliphatic heterocycles. The molecular formula is C14H18N2OS. The first-order chi connectivity index (χ1) is 8.69. The monoisotopic (exact) mass is 262 g/mol. The zero-order chi connectivity index (χ0) is 13.0. The highest BCUT2D eigenvalue weighted by molar-refractivity contribution is 7.13. The van der Waals surface area contributed by atoms with Gasteiger partial charge in [-0.2, -0.15) is 0 Å². The number of rotatable bonds is 5. The molecule has 3 nitrogen and oxygen atoms in total. The molecule has 1 aromatic carbocycles. The van der Waals surface area contributed by atoms with E-state index in [1.807, 2.05) is 6.92 Å². The number of hydrogen-bond donors (Lipinski definition) is 1. The first-order valence-electron chi connectivity index (χ1n) is 5.95. The molecule has 0 unspecified atom stereocenters. The highest BCUT2D eigenvalue weighted by Gasteiger charge is 2.06. The maximum atomic E-state index is 5.13. The second-order valence-electron chi connectivity index (χ2n) is 4.28. The maximum absolute atomic E-state index is 5.13. The van der Waals surface area contributed by atoms with Crippen LogP contribution in [0.25, 0.3) is 0 Å². The van der Waals surface area contributed by atoms with Gasteiger partial charge in [-0.25, -0.2) is 4.98 Å². The lowest BCUT2D eigenvalue weighted by atomic mass is 10.1. The van der Waals surface area contributed by atoms with E-state index in [0.29, 0.717) is 0 Å². The predicted octanol–water partition coefficient (Wildman–Crippen LogP) is 3.06. The zero-order valence-corrected chi connectivity index (χ0v) is 11.8. The molecule has 96 valence electrons. The highest BCUT2D eigenvalue weighted by Crippen LogP contribution is 2.23. The average molecular weight is 262 g/mol. The normalized spacial score (nSPS) is 10.6.